The van der Waals surface area contributed by atoms with E-state index in [1.54, 1.807) is 7.11 Å². The first-order valence-corrected chi connectivity index (χ1v) is 7.40. The summed E-state index contributed by atoms with van der Waals surface area (Å²) in [6.07, 6.45) is 2.50. The Morgan fingerprint density at radius 2 is 2.05 bits per heavy atom. The van der Waals surface area contributed by atoms with E-state index in [4.69, 9.17) is 9.72 Å². The minimum Gasteiger partial charge on any atom is -0.383 e. The molecular formula is C15H26N4O. The Bertz CT molecular complexity index is 457. The molecule has 0 saturated heterocycles. The van der Waals surface area contributed by atoms with Crippen LogP contribution in [0.3, 0.4) is 0 Å². The van der Waals surface area contributed by atoms with Crippen molar-refractivity contribution in [2.24, 2.45) is 0 Å². The number of anilines is 2. The first-order chi connectivity index (χ1) is 9.58. The fourth-order valence-corrected chi connectivity index (χ4v) is 2.34. The number of hydrogen-bond donors (Lipinski definition) is 1. The SMILES string of the molecule is CNc1nc(C(C)C)nc(N(CCOC)C2CC2)c1C. The maximum atomic E-state index is 5.25. The number of ether oxygens (including phenoxy) is 1. The van der Waals surface area contributed by atoms with Gasteiger partial charge in [0, 0.05) is 38.2 Å². The molecule has 1 aliphatic rings. The van der Waals surface area contributed by atoms with E-state index in [1.165, 1.54) is 12.8 Å². The van der Waals surface area contributed by atoms with E-state index in [9.17, 15) is 0 Å². The second-order valence-electron chi connectivity index (χ2n) is 5.70. The second kappa shape index (κ2) is 6.39. The van der Waals surface area contributed by atoms with Crippen molar-refractivity contribution in [1.82, 2.24) is 9.97 Å². The summed E-state index contributed by atoms with van der Waals surface area (Å²) in [4.78, 5) is 11.8. The Hall–Kier alpha value is -1.36. The van der Waals surface area contributed by atoms with Crippen molar-refractivity contribution >= 4 is 11.6 Å². The zero-order chi connectivity index (χ0) is 14.7. The normalized spacial score (nSPS) is 14.7. The van der Waals surface area contributed by atoms with Crippen LogP contribution in [0.15, 0.2) is 0 Å². The van der Waals surface area contributed by atoms with Crippen molar-refractivity contribution in [3.8, 4) is 0 Å². The van der Waals surface area contributed by atoms with Crippen LogP contribution in [-0.2, 0) is 4.74 Å². The third-order valence-corrected chi connectivity index (χ3v) is 3.69. The number of hydrogen-bond acceptors (Lipinski definition) is 5. The van der Waals surface area contributed by atoms with E-state index in [2.05, 4.69) is 36.0 Å². The molecule has 1 aromatic heterocycles. The standard InChI is InChI=1S/C15H26N4O/c1-10(2)13-17-14(16-4)11(3)15(18-13)19(8-9-20-5)12-6-7-12/h10,12H,6-9H2,1-5H3,(H,16,17,18). The van der Waals surface area contributed by atoms with Gasteiger partial charge < -0.3 is 15.0 Å². The van der Waals surface area contributed by atoms with Gasteiger partial charge in [-0.25, -0.2) is 9.97 Å². The van der Waals surface area contributed by atoms with Crippen LogP contribution in [0.4, 0.5) is 11.6 Å². The Morgan fingerprint density at radius 3 is 2.55 bits per heavy atom. The summed E-state index contributed by atoms with van der Waals surface area (Å²) in [5.41, 5.74) is 1.12. The molecule has 1 aromatic rings. The molecule has 5 heteroatoms. The Kier molecular flexibility index (Phi) is 4.81. The van der Waals surface area contributed by atoms with Crippen LogP contribution in [0.1, 0.15) is 44.0 Å². The van der Waals surface area contributed by atoms with Crippen LogP contribution in [0.25, 0.3) is 0 Å². The predicted molar refractivity (Wildman–Crippen MR) is 82.6 cm³/mol. The summed E-state index contributed by atoms with van der Waals surface area (Å²) in [5, 5.41) is 3.19. The molecule has 0 aliphatic heterocycles. The largest absolute Gasteiger partial charge is 0.383 e. The fraction of sp³-hybridized carbons (Fsp3) is 0.733. The first kappa shape index (κ1) is 15.0. The van der Waals surface area contributed by atoms with E-state index in [0.717, 1.165) is 36.2 Å². The number of nitrogens with zero attached hydrogens (tertiary/aromatic N) is 3. The number of methoxy groups -OCH3 is 1. The van der Waals surface area contributed by atoms with E-state index >= 15 is 0 Å². The van der Waals surface area contributed by atoms with Crippen molar-refractivity contribution in [2.45, 2.75) is 45.6 Å². The molecule has 0 aromatic carbocycles. The van der Waals surface area contributed by atoms with Crippen molar-refractivity contribution < 1.29 is 4.74 Å². The van der Waals surface area contributed by atoms with Crippen molar-refractivity contribution in [3.05, 3.63) is 11.4 Å². The second-order valence-corrected chi connectivity index (χ2v) is 5.70. The van der Waals surface area contributed by atoms with Crippen molar-refractivity contribution in [1.29, 1.82) is 0 Å². The van der Waals surface area contributed by atoms with Gasteiger partial charge in [0.1, 0.15) is 17.5 Å². The van der Waals surface area contributed by atoms with Gasteiger partial charge in [-0.2, -0.15) is 0 Å². The summed E-state index contributed by atoms with van der Waals surface area (Å²) in [7, 11) is 3.66. The molecule has 112 valence electrons. The Balaban J connectivity index is 2.38. The smallest absolute Gasteiger partial charge is 0.137 e. The molecule has 20 heavy (non-hydrogen) atoms. The van der Waals surface area contributed by atoms with E-state index in [-0.39, 0.29) is 0 Å². The van der Waals surface area contributed by atoms with Crippen LogP contribution in [0, 0.1) is 6.92 Å². The lowest BCUT2D eigenvalue weighted by Crippen LogP contribution is -2.31. The molecule has 5 nitrogen and oxygen atoms in total. The Morgan fingerprint density at radius 1 is 1.35 bits per heavy atom. The van der Waals surface area contributed by atoms with Crippen molar-refractivity contribution in [2.75, 3.05) is 37.5 Å². The molecule has 0 amide bonds. The topological polar surface area (TPSA) is 50.3 Å². The number of rotatable bonds is 7. The zero-order valence-corrected chi connectivity index (χ0v) is 13.2. The van der Waals surface area contributed by atoms with Crippen LogP contribution in [0.2, 0.25) is 0 Å². The summed E-state index contributed by atoms with van der Waals surface area (Å²) < 4.78 is 5.25. The van der Waals surface area contributed by atoms with Crippen LogP contribution in [0.5, 0.6) is 0 Å². The molecule has 1 fully saturated rings. The average Bonchev–Trinajstić information content (AvgIpc) is 3.25. The maximum absolute atomic E-state index is 5.25. The molecule has 0 bridgehead atoms. The van der Waals surface area contributed by atoms with Gasteiger partial charge in [0.15, 0.2) is 0 Å². The summed E-state index contributed by atoms with van der Waals surface area (Å²) >= 11 is 0. The quantitative estimate of drug-likeness (QED) is 0.830. The Labute approximate surface area is 121 Å². The molecule has 0 unspecified atom stereocenters. The lowest BCUT2D eigenvalue weighted by atomic mass is 10.2. The third kappa shape index (κ3) is 3.20. The van der Waals surface area contributed by atoms with Gasteiger partial charge in [0.05, 0.1) is 6.61 Å². The first-order valence-electron chi connectivity index (χ1n) is 7.40. The molecule has 0 spiro atoms. The van der Waals surface area contributed by atoms with Gasteiger partial charge in [0.25, 0.3) is 0 Å². The van der Waals surface area contributed by atoms with Gasteiger partial charge in [-0.15, -0.1) is 0 Å². The van der Waals surface area contributed by atoms with E-state index in [1.807, 2.05) is 7.05 Å². The molecule has 1 saturated carbocycles. The minimum atomic E-state index is 0.324. The molecule has 1 N–H and O–H groups in total. The van der Waals surface area contributed by atoms with E-state index in [0.29, 0.717) is 12.0 Å². The van der Waals surface area contributed by atoms with E-state index < -0.39 is 0 Å². The molecule has 2 rings (SSSR count). The molecule has 1 heterocycles. The molecule has 0 atom stereocenters. The predicted octanol–water partition coefficient (Wildman–Crippen LogP) is 2.57. The third-order valence-electron chi connectivity index (χ3n) is 3.69. The van der Waals surface area contributed by atoms with Crippen LogP contribution in [-0.4, -0.2) is 43.3 Å². The highest BCUT2D eigenvalue weighted by atomic mass is 16.5. The molecular weight excluding hydrogens is 252 g/mol. The van der Waals surface area contributed by atoms with Crippen molar-refractivity contribution in [3.63, 3.8) is 0 Å². The van der Waals surface area contributed by atoms with Gasteiger partial charge in [-0.05, 0) is 19.8 Å². The highest BCUT2D eigenvalue weighted by Gasteiger charge is 2.31. The monoisotopic (exact) mass is 278 g/mol. The van der Waals surface area contributed by atoms with Gasteiger partial charge >= 0.3 is 0 Å². The highest BCUT2D eigenvalue weighted by molar-refractivity contribution is 5.59. The number of aromatic nitrogens is 2. The lowest BCUT2D eigenvalue weighted by molar-refractivity contribution is 0.204. The van der Waals surface area contributed by atoms with Gasteiger partial charge in [-0.3, -0.25) is 0 Å². The zero-order valence-electron chi connectivity index (χ0n) is 13.2. The maximum Gasteiger partial charge on any atom is 0.137 e. The van der Waals surface area contributed by atoms with Gasteiger partial charge in [-0.1, -0.05) is 13.8 Å². The summed E-state index contributed by atoms with van der Waals surface area (Å²) in [5.74, 6) is 3.22. The lowest BCUT2D eigenvalue weighted by Gasteiger charge is -2.26. The number of nitrogens with one attached hydrogen (secondary N) is 1. The minimum absolute atomic E-state index is 0.324. The highest BCUT2D eigenvalue weighted by Crippen LogP contribution is 2.34. The van der Waals surface area contributed by atoms with Crippen LogP contribution >= 0.6 is 0 Å². The summed E-state index contributed by atoms with van der Waals surface area (Å²) in [6.45, 7) is 7.97. The van der Waals surface area contributed by atoms with Gasteiger partial charge in [0.2, 0.25) is 0 Å². The molecule has 1 aliphatic carbocycles. The fourth-order valence-electron chi connectivity index (χ4n) is 2.34. The van der Waals surface area contributed by atoms with Crippen LogP contribution < -0.4 is 10.2 Å². The summed E-state index contributed by atoms with van der Waals surface area (Å²) in [6, 6.07) is 0.614. The average molecular weight is 278 g/mol. The molecule has 0 radical (unpaired) electrons.